The van der Waals surface area contributed by atoms with Crippen LogP contribution in [0.4, 0.5) is 0 Å². The van der Waals surface area contributed by atoms with Gasteiger partial charge in [0.1, 0.15) is 23.7 Å². The van der Waals surface area contributed by atoms with Crippen LogP contribution in [0.25, 0.3) is 0 Å². The van der Waals surface area contributed by atoms with Crippen LogP contribution in [-0.4, -0.2) is 23.3 Å². The molecule has 0 saturated heterocycles. The largest absolute Gasteiger partial charge is 0.504 e. The number of rotatable bonds is 3. The topological polar surface area (TPSA) is 85.2 Å². The smallest absolute Gasteiger partial charge is 0.346 e. The van der Waals surface area contributed by atoms with Crippen molar-refractivity contribution < 1.29 is 29.2 Å². The van der Waals surface area contributed by atoms with Crippen molar-refractivity contribution in [1.29, 1.82) is 0 Å². The van der Waals surface area contributed by atoms with Gasteiger partial charge in [-0.3, -0.25) is 0 Å². The monoisotopic (exact) mass is 372 g/mol. The summed E-state index contributed by atoms with van der Waals surface area (Å²) < 4.78 is 16.7. The van der Waals surface area contributed by atoms with Crippen LogP contribution >= 0.6 is 0 Å². The summed E-state index contributed by atoms with van der Waals surface area (Å²) >= 11 is 0. The van der Waals surface area contributed by atoms with E-state index in [0.29, 0.717) is 17.5 Å². The van der Waals surface area contributed by atoms with Gasteiger partial charge in [-0.1, -0.05) is 32.9 Å². The van der Waals surface area contributed by atoms with E-state index in [-0.39, 0.29) is 40.6 Å². The lowest BCUT2D eigenvalue weighted by Crippen LogP contribution is -2.16. The first-order valence-electron chi connectivity index (χ1n) is 8.76. The molecule has 6 nitrogen and oxygen atoms in total. The van der Waals surface area contributed by atoms with Crippen LogP contribution < -0.4 is 9.47 Å². The molecule has 27 heavy (non-hydrogen) atoms. The van der Waals surface area contributed by atoms with Crippen molar-refractivity contribution in [3.05, 3.63) is 47.0 Å². The van der Waals surface area contributed by atoms with Crippen LogP contribution in [0.15, 0.2) is 30.3 Å². The highest BCUT2D eigenvalue weighted by Gasteiger charge is 2.30. The number of aromatic hydroxyl groups is 1. The Morgan fingerprint density at radius 3 is 2.63 bits per heavy atom. The third-order valence-electron chi connectivity index (χ3n) is 4.37. The molecule has 0 amide bonds. The first-order valence-corrected chi connectivity index (χ1v) is 8.76. The highest BCUT2D eigenvalue weighted by Crippen LogP contribution is 2.44. The molecule has 1 aliphatic heterocycles. The van der Waals surface area contributed by atoms with Crippen molar-refractivity contribution in [3.8, 4) is 23.0 Å². The van der Waals surface area contributed by atoms with Crippen molar-refractivity contribution >= 4 is 5.97 Å². The number of methoxy groups -OCH3 is 1. The van der Waals surface area contributed by atoms with Gasteiger partial charge < -0.3 is 24.4 Å². The van der Waals surface area contributed by atoms with Gasteiger partial charge in [0, 0.05) is 11.1 Å². The van der Waals surface area contributed by atoms with Crippen LogP contribution in [0.2, 0.25) is 0 Å². The van der Waals surface area contributed by atoms with E-state index in [2.05, 4.69) is 0 Å². The first-order chi connectivity index (χ1) is 12.7. The standard InChI is InChI=1S/C21H24O6/c1-21(2,3)10-15(23)13-8-9-16-17(19(13)25-4)20(24)26-11-12-6-5-7-14(22)18(12)27-16/h5-9,15,22-23H,10-11H2,1-4H3/t15-/m0/s1. The second-order valence-corrected chi connectivity index (χ2v) is 7.79. The molecule has 0 bridgehead atoms. The Kier molecular flexibility index (Phi) is 5.02. The maximum absolute atomic E-state index is 12.7. The number of para-hydroxylation sites is 1. The fourth-order valence-corrected chi connectivity index (χ4v) is 3.16. The van der Waals surface area contributed by atoms with Gasteiger partial charge in [0.15, 0.2) is 11.5 Å². The van der Waals surface area contributed by atoms with E-state index in [1.54, 1.807) is 24.3 Å². The summed E-state index contributed by atoms with van der Waals surface area (Å²) in [5, 5.41) is 20.8. The molecule has 0 fully saturated rings. The second-order valence-electron chi connectivity index (χ2n) is 7.79. The first kappa shape index (κ1) is 19.0. The number of benzene rings is 2. The van der Waals surface area contributed by atoms with Gasteiger partial charge in [0.05, 0.1) is 13.2 Å². The van der Waals surface area contributed by atoms with Gasteiger partial charge >= 0.3 is 5.97 Å². The average molecular weight is 372 g/mol. The van der Waals surface area contributed by atoms with E-state index in [1.807, 2.05) is 20.8 Å². The maximum atomic E-state index is 12.7. The van der Waals surface area contributed by atoms with Crippen LogP contribution in [0.1, 0.15) is 54.8 Å². The van der Waals surface area contributed by atoms with E-state index in [4.69, 9.17) is 14.2 Å². The molecule has 1 heterocycles. The lowest BCUT2D eigenvalue weighted by Gasteiger charge is -2.26. The van der Waals surface area contributed by atoms with Crippen LogP contribution in [0, 0.1) is 5.41 Å². The molecule has 1 aliphatic rings. The number of cyclic esters (lactones) is 1. The molecule has 0 aliphatic carbocycles. The van der Waals surface area contributed by atoms with Gasteiger partial charge in [-0.25, -0.2) is 4.79 Å². The molecule has 144 valence electrons. The van der Waals surface area contributed by atoms with Crippen molar-refractivity contribution in [3.63, 3.8) is 0 Å². The molecule has 0 saturated carbocycles. The fourth-order valence-electron chi connectivity index (χ4n) is 3.16. The van der Waals surface area contributed by atoms with Crippen molar-refractivity contribution in [2.75, 3.05) is 7.11 Å². The Labute approximate surface area is 158 Å². The number of esters is 1. The van der Waals surface area contributed by atoms with E-state index < -0.39 is 12.1 Å². The van der Waals surface area contributed by atoms with Crippen molar-refractivity contribution in [2.45, 2.75) is 39.9 Å². The number of carbonyl (C=O) groups excluding carboxylic acids is 1. The second kappa shape index (κ2) is 7.12. The summed E-state index contributed by atoms with van der Waals surface area (Å²) in [5.74, 6) is -0.0108. The highest BCUT2D eigenvalue weighted by molar-refractivity contribution is 5.96. The van der Waals surface area contributed by atoms with Crippen LogP contribution in [0.3, 0.4) is 0 Å². The number of ether oxygens (including phenoxy) is 3. The lowest BCUT2D eigenvalue weighted by atomic mass is 9.86. The average Bonchev–Trinajstić information content (AvgIpc) is 2.58. The predicted octanol–water partition coefficient (Wildman–Crippen LogP) is 4.33. The number of hydrogen-bond donors (Lipinski definition) is 2. The number of aliphatic hydroxyl groups excluding tert-OH is 1. The number of phenols is 1. The summed E-state index contributed by atoms with van der Waals surface area (Å²) in [6, 6.07) is 8.12. The zero-order valence-corrected chi connectivity index (χ0v) is 15.9. The van der Waals surface area contributed by atoms with Gasteiger partial charge in [-0.15, -0.1) is 0 Å². The fraction of sp³-hybridized carbons (Fsp3) is 0.381. The summed E-state index contributed by atoms with van der Waals surface area (Å²) in [6.45, 7) is 6.02. The molecule has 2 aromatic carbocycles. The molecule has 3 rings (SSSR count). The highest BCUT2D eigenvalue weighted by atomic mass is 16.5. The van der Waals surface area contributed by atoms with Gasteiger partial charge in [-0.05, 0) is 30.0 Å². The Balaban J connectivity index is 2.11. The van der Waals surface area contributed by atoms with E-state index in [0.717, 1.165) is 0 Å². The molecule has 0 aromatic heterocycles. The Bertz CT molecular complexity index is 866. The van der Waals surface area contributed by atoms with Gasteiger partial charge in [0.25, 0.3) is 0 Å². The molecule has 6 heteroatoms. The molecular weight excluding hydrogens is 348 g/mol. The summed E-state index contributed by atoms with van der Waals surface area (Å²) in [7, 11) is 1.43. The molecule has 0 unspecified atom stereocenters. The number of carbonyl (C=O) groups is 1. The Morgan fingerprint density at radius 1 is 1.22 bits per heavy atom. The quantitative estimate of drug-likeness (QED) is 0.780. The minimum absolute atomic E-state index is 0.0417. The summed E-state index contributed by atoms with van der Waals surface area (Å²) in [5.41, 5.74) is 1.03. The van der Waals surface area contributed by atoms with Gasteiger partial charge in [0.2, 0.25) is 0 Å². The molecule has 0 radical (unpaired) electrons. The Morgan fingerprint density at radius 2 is 1.96 bits per heavy atom. The molecule has 0 spiro atoms. The number of phenolic OH excluding ortho intramolecular Hbond substituents is 1. The number of fused-ring (bicyclic) bond motifs is 2. The van der Waals surface area contributed by atoms with Crippen LogP contribution in [0.5, 0.6) is 23.0 Å². The van der Waals surface area contributed by atoms with E-state index >= 15 is 0 Å². The summed E-state index contributed by atoms with van der Waals surface area (Å²) in [4.78, 5) is 12.7. The van der Waals surface area contributed by atoms with E-state index in [9.17, 15) is 15.0 Å². The zero-order chi connectivity index (χ0) is 19.8. The zero-order valence-electron chi connectivity index (χ0n) is 15.9. The third kappa shape index (κ3) is 3.85. The van der Waals surface area contributed by atoms with Crippen molar-refractivity contribution in [2.24, 2.45) is 5.41 Å². The Hall–Kier alpha value is -2.73. The maximum Gasteiger partial charge on any atom is 0.346 e. The minimum atomic E-state index is -0.816. The number of aliphatic hydroxyl groups is 1. The summed E-state index contributed by atoms with van der Waals surface area (Å²) in [6.07, 6.45) is -0.328. The van der Waals surface area contributed by atoms with E-state index in [1.165, 1.54) is 13.2 Å². The molecule has 1 atom stereocenters. The SMILES string of the molecule is COc1c([C@@H](O)CC(C)(C)C)ccc2c1C(=O)OCc1cccc(O)c1O2. The molecule has 2 aromatic rings. The normalized spacial score (nSPS) is 14.8. The number of hydrogen-bond acceptors (Lipinski definition) is 6. The molecule has 2 N–H and O–H groups in total. The third-order valence-corrected chi connectivity index (χ3v) is 4.37. The van der Waals surface area contributed by atoms with Gasteiger partial charge in [-0.2, -0.15) is 0 Å². The van der Waals surface area contributed by atoms with Crippen LogP contribution in [-0.2, 0) is 11.3 Å². The van der Waals surface area contributed by atoms with Crippen molar-refractivity contribution in [1.82, 2.24) is 0 Å². The lowest BCUT2D eigenvalue weighted by molar-refractivity contribution is 0.0453. The predicted molar refractivity (Wildman–Crippen MR) is 99.3 cm³/mol. The molecular formula is C21H24O6. The minimum Gasteiger partial charge on any atom is -0.504 e.